The van der Waals surface area contributed by atoms with Gasteiger partial charge in [0.1, 0.15) is 0 Å². The average molecular weight is 292 g/mol. The van der Waals surface area contributed by atoms with Crippen molar-refractivity contribution in [3.63, 3.8) is 0 Å². The van der Waals surface area contributed by atoms with E-state index in [1.54, 1.807) is 0 Å². The molecule has 0 aromatic heterocycles. The van der Waals surface area contributed by atoms with Gasteiger partial charge in [0.25, 0.3) is 0 Å². The average Bonchev–Trinajstić information content (AvgIpc) is 2.43. The minimum absolute atomic E-state index is 0.0620. The van der Waals surface area contributed by atoms with E-state index in [-0.39, 0.29) is 18.5 Å². The summed E-state index contributed by atoms with van der Waals surface area (Å²) in [5.74, 6) is -0.365. The fraction of sp³-hybridized carbons (Fsp3) is 0.500. The second-order valence-electron chi connectivity index (χ2n) is 5.44. The van der Waals surface area contributed by atoms with Gasteiger partial charge in [-0.1, -0.05) is 38.1 Å². The van der Waals surface area contributed by atoms with Crippen LogP contribution in [-0.2, 0) is 4.79 Å². The van der Waals surface area contributed by atoms with Crippen molar-refractivity contribution in [3.05, 3.63) is 35.4 Å². The molecule has 116 valence electrons. The number of rotatable bonds is 7. The molecule has 0 saturated heterocycles. The molecule has 1 atom stereocenters. The zero-order chi connectivity index (χ0) is 15.8. The second kappa shape index (κ2) is 8.29. The molecule has 1 aromatic rings. The minimum Gasteiger partial charge on any atom is -0.481 e. The highest BCUT2D eigenvalue weighted by Crippen LogP contribution is 2.18. The number of carbonyl (C=O) groups is 2. The maximum Gasteiger partial charge on any atom is 0.315 e. The van der Waals surface area contributed by atoms with Crippen molar-refractivity contribution in [2.24, 2.45) is 0 Å². The van der Waals surface area contributed by atoms with Gasteiger partial charge in [0.05, 0.1) is 6.04 Å². The fourth-order valence-corrected chi connectivity index (χ4v) is 1.94. The number of hydrogen-bond acceptors (Lipinski definition) is 2. The number of amides is 2. The summed E-state index contributed by atoms with van der Waals surface area (Å²) in [5.41, 5.74) is 2.31. The monoisotopic (exact) mass is 292 g/mol. The Morgan fingerprint density at radius 2 is 1.67 bits per heavy atom. The van der Waals surface area contributed by atoms with E-state index in [1.807, 2.05) is 19.1 Å². The summed E-state index contributed by atoms with van der Waals surface area (Å²) in [6.45, 7) is 6.56. The lowest BCUT2D eigenvalue weighted by Crippen LogP contribution is -2.37. The number of aliphatic carboxylic acids is 1. The number of carboxylic acids is 1. The number of carboxylic acid groups (broad SMARTS) is 1. The predicted octanol–water partition coefficient (Wildman–Crippen LogP) is 3.04. The van der Waals surface area contributed by atoms with Gasteiger partial charge < -0.3 is 15.7 Å². The molecular formula is C16H24N2O3. The number of nitrogens with one attached hydrogen (secondary N) is 2. The molecule has 0 aliphatic rings. The summed E-state index contributed by atoms with van der Waals surface area (Å²) in [4.78, 5) is 22.0. The van der Waals surface area contributed by atoms with E-state index in [9.17, 15) is 9.59 Å². The van der Waals surface area contributed by atoms with Gasteiger partial charge in [-0.05, 0) is 30.4 Å². The lowest BCUT2D eigenvalue weighted by molar-refractivity contribution is -0.137. The van der Waals surface area contributed by atoms with Crippen LogP contribution in [0.15, 0.2) is 24.3 Å². The van der Waals surface area contributed by atoms with Gasteiger partial charge in [-0.3, -0.25) is 4.79 Å². The maximum atomic E-state index is 11.7. The zero-order valence-electron chi connectivity index (χ0n) is 12.8. The summed E-state index contributed by atoms with van der Waals surface area (Å²) in [6.07, 6.45) is 0.493. The van der Waals surface area contributed by atoms with Crippen molar-refractivity contribution in [2.75, 3.05) is 6.54 Å². The van der Waals surface area contributed by atoms with Gasteiger partial charge in [-0.15, -0.1) is 0 Å². The first-order valence-corrected chi connectivity index (χ1v) is 7.26. The van der Waals surface area contributed by atoms with E-state index in [0.29, 0.717) is 18.9 Å². The van der Waals surface area contributed by atoms with Crippen LogP contribution in [0.25, 0.3) is 0 Å². The first kappa shape index (κ1) is 17.0. The molecular weight excluding hydrogens is 268 g/mol. The molecule has 5 heteroatoms. The van der Waals surface area contributed by atoms with Crippen molar-refractivity contribution >= 4 is 12.0 Å². The summed E-state index contributed by atoms with van der Waals surface area (Å²) in [5, 5.41) is 14.0. The maximum absolute atomic E-state index is 11.7. The zero-order valence-corrected chi connectivity index (χ0v) is 12.8. The second-order valence-corrected chi connectivity index (χ2v) is 5.44. The normalized spacial score (nSPS) is 12.0. The van der Waals surface area contributed by atoms with Gasteiger partial charge in [-0.2, -0.15) is 0 Å². The molecule has 5 nitrogen and oxygen atoms in total. The Bertz CT molecular complexity index is 469. The number of hydrogen-bond donors (Lipinski definition) is 3. The third-order valence-corrected chi connectivity index (χ3v) is 3.30. The van der Waals surface area contributed by atoms with Gasteiger partial charge in [-0.25, -0.2) is 4.79 Å². The topological polar surface area (TPSA) is 78.4 Å². The van der Waals surface area contributed by atoms with Crippen LogP contribution in [0.3, 0.4) is 0 Å². The Morgan fingerprint density at radius 1 is 1.10 bits per heavy atom. The molecule has 0 aliphatic carbocycles. The van der Waals surface area contributed by atoms with Crippen LogP contribution in [0.5, 0.6) is 0 Å². The van der Waals surface area contributed by atoms with E-state index in [4.69, 9.17) is 5.11 Å². The molecule has 0 radical (unpaired) electrons. The summed E-state index contributed by atoms with van der Waals surface area (Å²) in [7, 11) is 0. The van der Waals surface area contributed by atoms with Crippen LogP contribution in [0.1, 0.15) is 56.7 Å². The highest BCUT2D eigenvalue weighted by molar-refractivity contribution is 5.74. The molecule has 1 aromatic carbocycles. The molecule has 2 amide bonds. The molecule has 21 heavy (non-hydrogen) atoms. The quantitative estimate of drug-likeness (QED) is 0.676. The lowest BCUT2D eigenvalue weighted by Gasteiger charge is -2.16. The molecule has 1 unspecified atom stereocenters. The van der Waals surface area contributed by atoms with E-state index in [0.717, 1.165) is 5.56 Å². The van der Waals surface area contributed by atoms with Crippen LogP contribution in [0.4, 0.5) is 4.79 Å². The molecule has 0 bridgehead atoms. The van der Waals surface area contributed by atoms with Crippen LogP contribution in [0.2, 0.25) is 0 Å². The molecule has 0 heterocycles. The lowest BCUT2D eigenvalue weighted by atomic mass is 10.00. The molecule has 0 saturated carbocycles. The van der Waals surface area contributed by atoms with Crippen molar-refractivity contribution in [3.8, 4) is 0 Å². The van der Waals surface area contributed by atoms with E-state index in [1.165, 1.54) is 5.56 Å². The molecule has 3 N–H and O–H groups in total. The van der Waals surface area contributed by atoms with Crippen LogP contribution >= 0.6 is 0 Å². The first-order chi connectivity index (χ1) is 9.90. The van der Waals surface area contributed by atoms with Gasteiger partial charge in [0.2, 0.25) is 0 Å². The summed E-state index contributed by atoms with van der Waals surface area (Å²) in [6, 6.07) is 7.81. The SMILES string of the molecule is CC(C)c1ccc(C(C)NC(=O)NCCCC(=O)O)cc1. The molecule has 1 rings (SSSR count). The Labute approximate surface area is 125 Å². The third-order valence-electron chi connectivity index (χ3n) is 3.30. The van der Waals surface area contributed by atoms with E-state index < -0.39 is 5.97 Å². The third kappa shape index (κ3) is 6.29. The Morgan fingerprint density at radius 3 is 2.19 bits per heavy atom. The van der Waals surface area contributed by atoms with Crippen molar-refractivity contribution < 1.29 is 14.7 Å². The Balaban J connectivity index is 2.39. The highest BCUT2D eigenvalue weighted by atomic mass is 16.4. The van der Waals surface area contributed by atoms with E-state index >= 15 is 0 Å². The molecule has 0 aliphatic heterocycles. The molecule has 0 fully saturated rings. The molecule has 0 spiro atoms. The smallest absolute Gasteiger partial charge is 0.315 e. The Kier molecular flexibility index (Phi) is 6.72. The van der Waals surface area contributed by atoms with Crippen LogP contribution in [0, 0.1) is 0 Å². The largest absolute Gasteiger partial charge is 0.481 e. The standard InChI is InChI=1S/C16H24N2O3/c1-11(2)13-6-8-14(9-7-13)12(3)18-16(21)17-10-4-5-15(19)20/h6-9,11-12H,4-5,10H2,1-3H3,(H,19,20)(H2,17,18,21). The fourth-order valence-electron chi connectivity index (χ4n) is 1.94. The van der Waals surface area contributed by atoms with Gasteiger partial charge in [0, 0.05) is 13.0 Å². The van der Waals surface area contributed by atoms with Crippen molar-refractivity contribution in [1.82, 2.24) is 10.6 Å². The first-order valence-electron chi connectivity index (χ1n) is 7.26. The van der Waals surface area contributed by atoms with Crippen molar-refractivity contribution in [2.45, 2.75) is 45.6 Å². The van der Waals surface area contributed by atoms with Crippen LogP contribution < -0.4 is 10.6 Å². The van der Waals surface area contributed by atoms with Gasteiger partial charge >= 0.3 is 12.0 Å². The van der Waals surface area contributed by atoms with Gasteiger partial charge in [0.15, 0.2) is 0 Å². The van der Waals surface area contributed by atoms with Crippen molar-refractivity contribution in [1.29, 1.82) is 0 Å². The summed E-state index contributed by atoms with van der Waals surface area (Å²) >= 11 is 0. The summed E-state index contributed by atoms with van der Waals surface area (Å²) < 4.78 is 0. The number of benzene rings is 1. The number of urea groups is 1. The minimum atomic E-state index is -0.851. The van der Waals surface area contributed by atoms with E-state index in [2.05, 4.69) is 36.6 Å². The highest BCUT2D eigenvalue weighted by Gasteiger charge is 2.09. The predicted molar refractivity (Wildman–Crippen MR) is 82.4 cm³/mol. The number of carbonyl (C=O) groups excluding carboxylic acids is 1. The Hall–Kier alpha value is -2.04. The van der Waals surface area contributed by atoms with Crippen LogP contribution in [-0.4, -0.2) is 23.7 Å².